The lowest BCUT2D eigenvalue weighted by Gasteiger charge is -2.18. The van der Waals surface area contributed by atoms with E-state index in [4.69, 9.17) is 9.47 Å². The number of esters is 1. The summed E-state index contributed by atoms with van der Waals surface area (Å²) >= 11 is 0. The van der Waals surface area contributed by atoms with Crippen molar-refractivity contribution < 1.29 is 40.8 Å². The number of hydrogen-bond acceptors (Lipinski definition) is 7. The van der Waals surface area contributed by atoms with Gasteiger partial charge in [-0.25, -0.2) is 13.2 Å². The van der Waals surface area contributed by atoms with Crippen LogP contribution in [0.25, 0.3) is 0 Å². The second-order valence-electron chi connectivity index (χ2n) is 4.33. The smallest absolute Gasteiger partial charge is 0.428 e. The molecule has 7 nitrogen and oxygen atoms in total. The summed E-state index contributed by atoms with van der Waals surface area (Å²) in [6.07, 6.45) is -0.482. The molecule has 0 amide bonds. The Labute approximate surface area is 131 Å². The van der Waals surface area contributed by atoms with Gasteiger partial charge in [0, 0.05) is 6.61 Å². The summed E-state index contributed by atoms with van der Waals surface area (Å²) in [6.45, 7) is 3.33. The fourth-order valence-corrected chi connectivity index (χ4v) is 1.72. The molecule has 0 heterocycles. The zero-order valence-electron chi connectivity index (χ0n) is 12.3. The van der Waals surface area contributed by atoms with Crippen molar-refractivity contribution in [3.05, 3.63) is 29.8 Å². The highest BCUT2D eigenvalue weighted by atomic mass is 32.2. The highest BCUT2D eigenvalue weighted by Gasteiger charge is 2.48. The molecule has 1 aromatic carbocycles. The molecule has 0 aliphatic carbocycles. The molecule has 0 N–H and O–H groups in total. The SMILES string of the molecule is CCOC(C)Oc1ccc(COC(=O)C(F)(F)S(=O)(=O)[O-])cc1. The lowest BCUT2D eigenvalue weighted by molar-refractivity contribution is -0.162. The third kappa shape index (κ3) is 5.41. The summed E-state index contributed by atoms with van der Waals surface area (Å²) in [7, 11) is -6.12. The average molecular weight is 353 g/mol. The Morgan fingerprint density at radius 3 is 2.35 bits per heavy atom. The predicted molar refractivity (Wildman–Crippen MR) is 72.6 cm³/mol. The molecule has 0 aliphatic heterocycles. The summed E-state index contributed by atoms with van der Waals surface area (Å²) < 4.78 is 71.3. The van der Waals surface area contributed by atoms with Crippen molar-refractivity contribution in [2.75, 3.05) is 6.61 Å². The molecule has 23 heavy (non-hydrogen) atoms. The largest absolute Gasteiger partial charge is 0.743 e. The van der Waals surface area contributed by atoms with Crippen LogP contribution < -0.4 is 4.74 Å². The van der Waals surface area contributed by atoms with Gasteiger partial charge in [0.1, 0.15) is 12.4 Å². The Balaban J connectivity index is 2.61. The molecular weight excluding hydrogens is 338 g/mol. The summed E-state index contributed by atoms with van der Waals surface area (Å²) in [5.74, 6) is -1.98. The monoisotopic (exact) mass is 353 g/mol. The van der Waals surface area contributed by atoms with Crippen LogP contribution in [0.4, 0.5) is 8.78 Å². The maximum absolute atomic E-state index is 12.9. The molecule has 0 radical (unpaired) electrons. The second kappa shape index (κ2) is 7.66. The van der Waals surface area contributed by atoms with Gasteiger partial charge in [0.05, 0.1) is 0 Å². The molecule has 1 aromatic rings. The van der Waals surface area contributed by atoms with Crippen LogP contribution >= 0.6 is 0 Å². The van der Waals surface area contributed by atoms with Gasteiger partial charge in [-0.1, -0.05) is 12.1 Å². The van der Waals surface area contributed by atoms with Crippen molar-refractivity contribution in [2.24, 2.45) is 0 Å². The van der Waals surface area contributed by atoms with Gasteiger partial charge in [0.2, 0.25) is 0 Å². The summed E-state index contributed by atoms with van der Waals surface area (Å²) in [5.41, 5.74) is 0.300. The van der Waals surface area contributed by atoms with Crippen molar-refractivity contribution >= 4 is 16.1 Å². The van der Waals surface area contributed by atoms with E-state index in [2.05, 4.69) is 4.74 Å². The number of alkyl halides is 2. The van der Waals surface area contributed by atoms with E-state index in [9.17, 15) is 26.5 Å². The first-order chi connectivity index (χ1) is 10.6. The Morgan fingerprint density at radius 2 is 1.87 bits per heavy atom. The molecule has 0 saturated carbocycles. The second-order valence-corrected chi connectivity index (χ2v) is 5.75. The van der Waals surface area contributed by atoms with Gasteiger partial charge in [-0.15, -0.1) is 0 Å². The van der Waals surface area contributed by atoms with Crippen LogP contribution in [0.3, 0.4) is 0 Å². The molecule has 0 saturated heterocycles. The molecule has 0 aliphatic rings. The predicted octanol–water partition coefficient (Wildman–Crippen LogP) is 1.63. The Hall–Kier alpha value is -1.78. The molecule has 1 atom stereocenters. The van der Waals surface area contributed by atoms with Crippen LogP contribution in [0.15, 0.2) is 24.3 Å². The van der Waals surface area contributed by atoms with E-state index in [0.29, 0.717) is 17.9 Å². The Bertz CT molecular complexity index is 628. The van der Waals surface area contributed by atoms with Crippen molar-refractivity contribution in [2.45, 2.75) is 32.0 Å². The third-order valence-corrected chi connectivity index (χ3v) is 3.34. The molecule has 0 aromatic heterocycles. The number of carbonyl (C=O) groups excluding carboxylic acids is 1. The first-order valence-corrected chi connectivity index (χ1v) is 7.86. The molecule has 0 bridgehead atoms. The highest BCUT2D eigenvalue weighted by Crippen LogP contribution is 2.23. The van der Waals surface area contributed by atoms with Gasteiger partial charge in [-0.3, -0.25) is 0 Å². The van der Waals surface area contributed by atoms with E-state index >= 15 is 0 Å². The van der Waals surface area contributed by atoms with Crippen LogP contribution in [0.5, 0.6) is 5.75 Å². The maximum Gasteiger partial charge on any atom is 0.428 e. The van der Waals surface area contributed by atoms with Crippen molar-refractivity contribution in [1.29, 1.82) is 0 Å². The minimum atomic E-state index is -6.12. The van der Waals surface area contributed by atoms with Crippen LogP contribution in [0, 0.1) is 0 Å². The number of ether oxygens (including phenoxy) is 3. The van der Waals surface area contributed by atoms with Crippen LogP contribution in [0.1, 0.15) is 19.4 Å². The fraction of sp³-hybridized carbons (Fsp3) is 0.462. The van der Waals surface area contributed by atoms with Crippen LogP contribution in [-0.4, -0.2) is 37.1 Å². The number of rotatable bonds is 8. The maximum atomic E-state index is 12.9. The topological polar surface area (TPSA) is 102 Å². The van der Waals surface area contributed by atoms with E-state index < -0.39 is 34.2 Å². The molecule has 1 rings (SSSR count). The molecule has 10 heteroatoms. The van der Waals surface area contributed by atoms with Crippen LogP contribution in [-0.2, 0) is 31.0 Å². The van der Waals surface area contributed by atoms with Gasteiger partial charge >= 0.3 is 11.2 Å². The minimum Gasteiger partial charge on any atom is -0.743 e. The van der Waals surface area contributed by atoms with Gasteiger partial charge in [0.15, 0.2) is 16.4 Å². The standard InChI is InChI=1S/C13H16F2O7S/c1-3-20-9(2)22-11-6-4-10(5-7-11)8-21-12(16)13(14,15)23(17,18)19/h4-7,9H,3,8H2,1-2H3,(H,17,18,19)/p-1. The van der Waals surface area contributed by atoms with Crippen molar-refractivity contribution in [3.8, 4) is 5.75 Å². The number of halogens is 2. The first-order valence-electron chi connectivity index (χ1n) is 6.45. The van der Waals surface area contributed by atoms with Crippen molar-refractivity contribution in [1.82, 2.24) is 0 Å². The molecular formula is C13H15F2O7S-. The Kier molecular flexibility index (Phi) is 6.42. The lowest BCUT2D eigenvalue weighted by atomic mass is 10.2. The number of benzene rings is 1. The number of carbonyl (C=O) groups is 1. The molecule has 1 unspecified atom stereocenters. The minimum absolute atomic E-state index is 0.300. The average Bonchev–Trinajstić information content (AvgIpc) is 2.45. The fourth-order valence-electron chi connectivity index (χ4n) is 1.46. The lowest BCUT2D eigenvalue weighted by Crippen LogP contribution is -2.38. The summed E-state index contributed by atoms with van der Waals surface area (Å²) in [4.78, 5) is 11.0. The number of hydrogen-bond donors (Lipinski definition) is 0. The first kappa shape index (κ1) is 19.3. The van der Waals surface area contributed by atoms with Gasteiger partial charge in [-0.05, 0) is 31.5 Å². The Morgan fingerprint density at radius 1 is 1.30 bits per heavy atom. The third-order valence-electron chi connectivity index (χ3n) is 2.55. The quantitative estimate of drug-likeness (QED) is 0.397. The van der Waals surface area contributed by atoms with E-state index in [1.165, 1.54) is 24.3 Å². The van der Waals surface area contributed by atoms with E-state index in [0.717, 1.165) is 0 Å². The molecule has 0 spiro atoms. The van der Waals surface area contributed by atoms with Gasteiger partial charge in [0.25, 0.3) is 0 Å². The molecule has 130 valence electrons. The van der Waals surface area contributed by atoms with Crippen molar-refractivity contribution in [3.63, 3.8) is 0 Å². The van der Waals surface area contributed by atoms with E-state index in [-0.39, 0.29) is 0 Å². The summed E-state index contributed by atoms with van der Waals surface area (Å²) in [6, 6.07) is 5.82. The van der Waals surface area contributed by atoms with E-state index in [1.807, 2.05) is 0 Å². The summed E-state index contributed by atoms with van der Waals surface area (Å²) in [5, 5.41) is -5.12. The van der Waals surface area contributed by atoms with E-state index in [1.54, 1.807) is 13.8 Å². The van der Waals surface area contributed by atoms with Gasteiger partial charge < -0.3 is 18.8 Å². The van der Waals surface area contributed by atoms with Crippen LogP contribution in [0.2, 0.25) is 0 Å². The zero-order chi connectivity index (χ0) is 17.7. The zero-order valence-corrected chi connectivity index (χ0v) is 13.1. The highest BCUT2D eigenvalue weighted by molar-refractivity contribution is 7.87. The normalized spacial score (nSPS) is 13.4. The van der Waals surface area contributed by atoms with Gasteiger partial charge in [-0.2, -0.15) is 8.78 Å². The molecule has 0 fully saturated rings.